The topological polar surface area (TPSA) is 39.1 Å². The van der Waals surface area contributed by atoms with Crippen LogP contribution in [0.15, 0.2) is 36.7 Å². The number of nitrogens with zero attached hydrogens (tertiary/aromatic N) is 2. The van der Waals surface area contributed by atoms with Gasteiger partial charge in [-0.1, -0.05) is 12.1 Å². The van der Waals surface area contributed by atoms with Gasteiger partial charge in [-0.15, -0.1) is 0 Å². The summed E-state index contributed by atoms with van der Waals surface area (Å²) in [5.74, 6) is 1.64. The van der Waals surface area contributed by atoms with Crippen molar-refractivity contribution in [1.29, 1.82) is 0 Å². The summed E-state index contributed by atoms with van der Waals surface area (Å²) in [5, 5.41) is 7.83. The Morgan fingerprint density at radius 1 is 1.38 bits per heavy atom. The zero-order valence-electron chi connectivity index (χ0n) is 12.7. The summed E-state index contributed by atoms with van der Waals surface area (Å²) in [5.41, 5.74) is 2.70. The Labute approximate surface area is 126 Å². The molecule has 1 aliphatic rings. The van der Waals surface area contributed by atoms with Crippen LogP contribution < -0.4 is 10.1 Å². The highest BCUT2D eigenvalue weighted by Gasteiger charge is 2.29. The molecular formula is C17H23N3O. The zero-order chi connectivity index (χ0) is 14.7. The van der Waals surface area contributed by atoms with E-state index in [-0.39, 0.29) is 0 Å². The number of nitrogens with one attached hydrogen (secondary N) is 1. The number of hydrogen-bond acceptors (Lipinski definition) is 3. The van der Waals surface area contributed by atoms with Gasteiger partial charge in [0, 0.05) is 19.3 Å². The first-order chi connectivity index (χ1) is 10.2. The number of benzene rings is 1. The summed E-state index contributed by atoms with van der Waals surface area (Å²) in [4.78, 5) is 0. The average molecular weight is 285 g/mol. The second-order valence-electron chi connectivity index (χ2n) is 5.87. The highest BCUT2D eigenvalue weighted by atomic mass is 16.5. The minimum atomic E-state index is 0.651. The van der Waals surface area contributed by atoms with Crippen molar-refractivity contribution in [2.75, 3.05) is 13.7 Å². The predicted octanol–water partition coefficient (Wildman–Crippen LogP) is 2.51. The van der Waals surface area contributed by atoms with E-state index in [2.05, 4.69) is 34.8 Å². The maximum absolute atomic E-state index is 5.29. The molecule has 1 heterocycles. The van der Waals surface area contributed by atoms with Gasteiger partial charge in [0.15, 0.2) is 0 Å². The molecule has 0 bridgehead atoms. The van der Waals surface area contributed by atoms with Gasteiger partial charge in [0.05, 0.1) is 13.3 Å². The maximum Gasteiger partial charge on any atom is 0.119 e. The molecule has 1 N–H and O–H groups in total. The van der Waals surface area contributed by atoms with E-state index in [4.69, 9.17) is 4.74 Å². The fourth-order valence-corrected chi connectivity index (χ4v) is 2.97. The predicted molar refractivity (Wildman–Crippen MR) is 83.7 cm³/mol. The molecule has 0 atom stereocenters. The van der Waals surface area contributed by atoms with Crippen molar-refractivity contribution in [3.05, 3.63) is 47.8 Å². The first-order valence-electron chi connectivity index (χ1n) is 7.59. The average Bonchev–Trinajstić information content (AvgIpc) is 2.87. The molecule has 4 nitrogen and oxygen atoms in total. The summed E-state index contributed by atoms with van der Waals surface area (Å²) >= 11 is 0. The smallest absolute Gasteiger partial charge is 0.119 e. The second kappa shape index (κ2) is 6.31. The molecular weight excluding hydrogens is 262 g/mol. The lowest BCUT2D eigenvalue weighted by molar-refractivity contribution is 0.292. The molecule has 112 valence electrons. The third-order valence-corrected chi connectivity index (χ3v) is 4.31. The lowest BCUT2D eigenvalue weighted by Gasteiger charge is -2.36. The Morgan fingerprint density at radius 3 is 2.95 bits per heavy atom. The number of methoxy groups -OCH3 is 1. The number of rotatable bonds is 6. The monoisotopic (exact) mass is 285 g/mol. The first kappa shape index (κ1) is 14.1. The first-order valence-corrected chi connectivity index (χ1v) is 7.59. The van der Waals surface area contributed by atoms with Gasteiger partial charge in [-0.2, -0.15) is 5.10 Å². The van der Waals surface area contributed by atoms with Gasteiger partial charge in [0.25, 0.3) is 0 Å². The fraction of sp³-hybridized carbons (Fsp3) is 0.471. The van der Waals surface area contributed by atoms with Gasteiger partial charge in [0.2, 0.25) is 0 Å². The molecule has 0 amide bonds. The standard InChI is InChI=1S/C17H23N3O/c1-20-12-13(11-19-20)6-7-18-16-8-15(9-16)14-4-3-5-17(10-14)21-2/h3-5,10-12,15-16,18H,6-9H2,1-2H3. The van der Waals surface area contributed by atoms with Crippen LogP contribution in [0.2, 0.25) is 0 Å². The summed E-state index contributed by atoms with van der Waals surface area (Å²) in [6.45, 7) is 1.03. The lowest BCUT2D eigenvalue weighted by atomic mass is 9.76. The Kier molecular flexibility index (Phi) is 4.25. The van der Waals surface area contributed by atoms with Crippen molar-refractivity contribution in [1.82, 2.24) is 15.1 Å². The van der Waals surface area contributed by atoms with Crippen molar-refractivity contribution >= 4 is 0 Å². The summed E-state index contributed by atoms with van der Waals surface area (Å²) < 4.78 is 7.15. The van der Waals surface area contributed by atoms with Crippen molar-refractivity contribution in [3.8, 4) is 5.75 Å². The number of ether oxygens (including phenoxy) is 1. The van der Waals surface area contributed by atoms with Crippen LogP contribution in [0.25, 0.3) is 0 Å². The van der Waals surface area contributed by atoms with Gasteiger partial charge >= 0.3 is 0 Å². The SMILES string of the molecule is COc1cccc(C2CC(NCCc3cnn(C)c3)C2)c1. The van der Waals surface area contributed by atoms with Gasteiger partial charge < -0.3 is 10.1 Å². The summed E-state index contributed by atoms with van der Waals surface area (Å²) in [7, 11) is 3.68. The highest BCUT2D eigenvalue weighted by Crippen LogP contribution is 2.37. The molecule has 1 fully saturated rings. The molecule has 0 spiro atoms. The van der Waals surface area contributed by atoms with Crippen molar-refractivity contribution in [2.24, 2.45) is 7.05 Å². The minimum Gasteiger partial charge on any atom is -0.497 e. The normalized spacial score (nSPS) is 21.0. The summed E-state index contributed by atoms with van der Waals surface area (Å²) in [6, 6.07) is 9.11. The molecule has 1 aromatic carbocycles. The van der Waals surface area contributed by atoms with Crippen LogP contribution in [-0.2, 0) is 13.5 Å². The van der Waals surface area contributed by atoms with Crippen LogP contribution in [0.1, 0.15) is 29.9 Å². The fourth-order valence-electron chi connectivity index (χ4n) is 2.97. The van der Waals surface area contributed by atoms with E-state index in [0.29, 0.717) is 12.0 Å². The molecule has 1 aromatic heterocycles. The largest absolute Gasteiger partial charge is 0.497 e. The van der Waals surface area contributed by atoms with E-state index >= 15 is 0 Å². The molecule has 0 unspecified atom stereocenters. The molecule has 3 rings (SSSR count). The van der Waals surface area contributed by atoms with Crippen LogP contribution in [0.5, 0.6) is 5.75 Å². The number of aromatic nitrogens is 2. The van der Waals surface area contributed by atoms with E-state index in [1.807, 2.05) is 24.0 Å². The zero-order valence-corrected chi connectivity index (χ0v) is 12.7. The molecule has 4 heteroatoms. The van der Waals surface area contributed by atoms with Crippen LogP contribution in [0.3, 0.4) is 0 Å². The van der Waals surface area contributed by atoms with E-state index in [0.717, 1.165) is 18.7 Å². The van der Waals surface area contributed by atoms with Crippen molar-refractivity contribution < 1.29 is 4.74 Å². The Balaban J connectivity index is 1.41. The Hall–Kier alpha value is -1.81. The van der Waals surface area contributed by atoms with Gasteiger partial charge in [0.1, 0.15) is 5.75 Å². The molecule has 0 aliphatic heterocycles. The van der Waals surface area contributed by atoms with Crippen LogP contribution in [0.4, 0.5) is 0 Å². The van der Waals surface area contributed by atoms with Gasteiger partial charge in [-0.25, -0.2) is 0 Å². The van der Waals surface area contributed by atoms with Gasteiger partial charge in [-0.05, 0) is 55.0 Å². The number of aryl methyl sites for hydroxylation is 1. The number of hydrogen-bond donors (Lipinski definition) is 1. The summed E-state index contributed by atoms with van der Waals surface area (Å²) in [6.07, 6.45) is 7.53. The molecule has 2 aromatic rings. The maximum atomic E-state index is 5.29. The Morgan fingerprint density at radius 2 is 2.24 bits per heavy atom. The van der Waals surface area contributed by atoms with E-state index < -0.39 is 0 Å². The van der Waals surface area contributed by atoms with Crippen LogP contribution in [-0.4, -0.2) is 29.5 Å². The molecule has 1 saturated carbocycles. The second-order valence-corrected chi connectivity index (χ2v) is 5.87. The molecule has 1 aliphatic carbocycles. The molecule has 21 heavy (non-hydrogen) atoms. The third-order valence-electron chi connectivity index (χ3n) is 4.31. The van der Waals surface area contributed by atoms with E-state index in [1.54, 1.807) is 7.11 Å². The quantitative estimate of drug-likeness (QED) is 0.886. The van der Waals surface area contributed by atoms with Crippen molar-refractivity contribution in [3.63, 3.8) is 0 Å². The lowest BCUT2D eigenvalue weighted by Crippen LogP contribution is -2.40. The van der Waals surface area contributed by atoms with Crippen molar-refractivity contribution in [2.45, 2.75) is 31.2 Å². The Bertz CT molecular complexity index is 587. The van der Waals surface area contributed by atoms with Gasteiger partial charge in [-0.3, -0.25) is 4.68 Å². The van der Waals surface area contributed by atoms with E-state index in [9.17, 15) is 0 Å². The van der Waals surface area contributed by atoms with E-state index in [1.165, 1.54) is 24.0 Å². The van der Waals surface area contributed by atoms with Crippen LogP contribution in [0, 0.1) is 0 Å². The molecule has 0 radical (unpaired) electrons. The third kappa shape index (κ3) is 3.45. The minimum absolute atomic E-state index is 0.651. The molecule has 0 saturated heterocycles. The highest BCUT2D eigenvalue weighted by molar-refractivity contribution is 5.32. The van der Waals surface area contributed by atoms with Crippen LogP contribution >= 0.6 is 0 Å².